The minimum absolute atomic E-state index is 0.0171. The molecule has 3 nitrogen and oxygen atoms in total. The summed E-state index contributed by atoms with van der Waals surface area (Å²) in [4.78, 5) is 8.65. The predicted molar refractivity (Wildman–Crippen MR) is 73.6 cm³/mol. The van der Waals surface area contributed by atoms with Gasteiger partial charge in [-0.25, -0.2) is 9.97 Å². The zero-order chi connectivity index (χ0) is 12.8. The van der Waals surface area contributed by atoms with Crippen LogP contribution in [0.2, 0.25) is 5.02 Å². The van der Waals surface area contributed by atoms with Crippen molar-refractivity contribution in [2.45, 2.75) is 19.4 Å². The summed E-state index contributed by atoms with van der Waals surface area (Å²) in [6.45, 7) is 3.06. The second-order valence-electron chi connectivity index (χ2n) is 4.05. The number of halogens is 1. The highest BCUT2D eigenvalue weighted by molar-refractivity contribution is 6.30. The third-order valence-corrected chi connectivity index (χ3v) is 2.90. The molecule has 0 aliphatic rings. The molecule has 0 aliphatic heterocycles. The van der Waals surface area contributed by atoms with Crippen molar-refractivity contribution in [1.29, 1.82) is 0 Å². The fraction of sp³-hybridized carbons (Fsp3) is 0.286. The lowest BCUT2D eigenvalue weighted by molar-refractivity contribution is 0.572. The van der Waals surface area contributed by atoms with Crippen LogP contribution in [0.4, 0.5) is 0 Å². The topological polar surface area (TPSA) is 37.8 Å². The summed E-state index contributed by atoms with van der Waals surface area (Å²) in [7, 11) is 0. The van der Waals surface area contributed by atoms with Gasteiger partial charge in [-0.05, 0) is 36.7 Å². The molecule has 1 N–H and O–H groups in total. The Morgan fingerprint density at radius 1 is 1.17 bits per heavy atom. The smallest absolute Gasteiger partial charge is 0.149 e. The summed E-state index contributed by atoms with van der Waals surface area (Å²) >= 11 is 5.92. The lowest BCUT2D eigenvalue weighted by Gasteiger charge is -2.17. The Morgan fingerprint density at radius 3 is 2.44 bits per heavy atom. The second-order valence-corrected chi connectivity index (χ2v) is 4.48. The first-order valence-corrected chi connectivity index (χ1v) is 6.45. The first-order valence-electron chi connectivity index (χ1n) is 6.07. The van der Waals surface area contributed by atoms with E-state index in [0.717, 1.165) is 29.4 Å². The minimum Gasteiger partial charge on any atom is -0.304 e. The van der Waals surface area contributed by atoms with Gasteiger partial charge in [-0.15, -0.1) is 0 Å². The highest BCUT2D eigenvalue weighted by atomic mass is 35.5. The van der Waals surface area contributed by atoms with E-state index in [1.165, 1.54) is 0 Å². The van der Waals surface area contributed by atoms with Crippen LogP contribution in [-0.4, -0.2) is 16.5 Å². The van der Waals surface area contributed by atoms with Crippen LogP contribution in [0.5, 0.6) is 0 Å². The van der Waals surface area contributed by atoms with Crippen LogP contribution < -0.4 is 5.32 Å². The van der Waals surface area contributed by atoms with Gasteiger partial charge in [0.2, 0.25) is 0 Å². The van der Waals surface area contributed by atoms with Crippen LogP contribution in [0.1, 0.15) is 30.8 Å². The molecule has 0 saturated heterocycles. The van der Waals surface area contributed by atoms with Gasteiger partial charge >= 0.3 is 0 Å². The van der Waals surface area contributed by atoms with E-state index in [1.54, 1.807) is 12.4 Å². The lowest BCUT2D eigenvalue weighted by atomic mass is 10.1. The molecule has 1 unspecified atom stereocenters. The molecule has 0 spiro atoms. The molecule has 0 bridgehead atoms. The van der Waals surface area contributed by atoms with Crippen LogP contribution in [0, 0.1) is 0 Å². The maximum absolute atomic E-state index is 5.92. The molecule has 18 heavy (non-hydrogen) atoms. The Morgan fingerprint density at radius 2 is 1.83 bits per heavy atom. The molecule has 2 aromatic rings. The van der Waals surface area contributed by atoms with Crippen LogP contribution in [-0.2, 0) is 0 Å². The van der Waals surface area contributed by atoms with Gasteiger partial charge in [0.05, 0.1) is 6.04 Å². The van der Waals surface area contributed by atoms with E-state index in [9.17, 15) is 0 Å². The van der Waals surface area contributed by atoms with Gasteiger partial charge in [0.15, 0.2) is 0 Å². The number of nitrogens with one attached hydrogen (secondary N) is 1. The second kappa shape index (κ2) is 6.47. The third-order valence-electron chi connectivity index (χ3n) is 2.65. The average molecular weight is 262 g/mol. The van der Waals surface area contributed by atoms with Crippen molar-refractivity contribution in [1.82, 2.24) is 15.3 Å². The summed E-state index contributed by atoms with van der Waals surface area (Å²) in [6, 6.07) is 9.63. The van der Waals surface area contributed by atoms with E-state index in [2.05, 4.69) is 22.2 Å². The van der Waals surface area contributed by atoms with Gasteiger partial charge in [-0.2, -0.15) is 0 Å². The van der Waals surface area contributed by atoms with Gasteiger partial charge in [-0.1, -0.05) is 30.7 Å². The maximum Gasteiger partial charge on any atom is 0.149 e. The van der Waals surface area contributed by atoms with Gasteiger partial charge in [-0.3, -0.25) is 0 Å². The molecule has 0 saturated carbocycles. The van der Waals surface area contributed by atoms with Gasteiger partial charge in [0.25, 0.3) is 0 Å². The number of benzene rings is 1. The Kier molecular flexibility index (Phi) is 4.67. The molecule has 1 heterocycles. The number of hydrogen-bond donors (Lipinski definition) is 1. The standard InChI is InChI=1S/C14H16ClN3/c1-2-8-16-13(14-17-9-3-10-18-14)11-4-6-12(15)7-5-11/h3-7,9-10,13,16H,2,8H2,1H3. The fourth-order valence-corrected chi connectivity index (χ4v) is 1.89. The maximum atomic E-state index is 5.92. The Hall–Kier alpha value is -1.45. The predicted octanol–water partition coefficient (Wildman–Crippen LogP) is 3.22. The minimum atomic E-state index is 0.0171. The van der Waals surface area contributed by atoms with Crippen molar-refractivity contribution in [3.05, 3.63) is 59.1 Å². The molecule has 1 aromatic carbocycles. The molecular weight excluding hydrogens is 246 g/mol. The van der Waals surface area contributed by atoms with E-state index in [1.807, 2.05) is 30.3 Å². The normalized spacial score (nSPS) is 12.3. The van der Waals surface area contributed by atoms with Crippen molar-refractivity contribution in [2.75, 3.05) is 6.54 Å². The number of aromatic nitrogens is 2. The van der Waals surface area contributed by atoms with Crippen molar-refractivity contribution < 1.29 is 0 Å². The molecule has 1 aromatic heterocycles. The molecule has 0 radical (unpaired) electrons. The van der Waals surface area contributed by atoms with Crippen LogP contribution >= 0.6 is 11.6 Å². The zero-order valence-corrected chi connectivity index (χ0v) is 11.1. The zero-order valence-electron chi connectivity index (χ0n) is 10.3. The summed E-state index contributed by atoms with van der Waals surface area (Å²) < 4.78 is 0. The third kappa shape index (κ3) is 3.28. The number of hydrogen-bond acceptors (Lipinski definition) is 3. The summed E-state index contributed by atoms with van der Waals surface area (Å²) in [6.07, 6.45) is 4.59. The van der Waals surface area contributed by atoms with Crippen molar-refractivity contribution in [2.24, 2.45) is 0 Å². The highest BCUT2D eigenvalue weighted by Crippen LogP contribution is 2.20. The quantitative estimate of drug-likeness (QED) is 0.898. The van der Waals surface area contributed by atoms with Crippen molar-refractivity contribution in [3.63, 3.8) is 0 Å². The van der Waals surface area contributed by atoms with E-state index in [0.29, 0.717) is 0 Å². The van der Waals surface area contributed by atoms with Crippen molar-refractivity contribution in [3.8, 4) is 0 Å². The van der Waals surface area contributed by atoms with E-state index >= 15 is 0 Å². The van der Waals surface area contributed by atoms with Crippen molar-refractivity contribution >= 4 is 11.6 Å². The monoisotopic (exact) mass is 261 g/mol. The van der Waals surface area contributed by atoms with Crippen LogP contribution in [0.15, 0.2) is 42.7 Å². The first kappa shape index (κ1) is 13.0. The lowest BCUT2D eigenvalue weighted by Crippen LogP contribution is -2.24. The van der Waals surface area contributed by atoms with Crippen LogP contribution in [0.25, 0.3) is 0 Å². The molecule has 1 atom stereocenters. The molecule has 94 valence electrons. The van der Waals surface area contributed by atoms with Crippen LogP contribution in [0.3, 0.4) is 0 Å². The number of nitrogens with zero attached hydrogens (tertiary/aromatic N) is 2. The van der Waals surface area contributed by atoms with E-state index in [-0.39, 0.29) is 6.04 Å². The molecule has 2 rings (SSSR count). The largest absolute Gasteiger partial charge is 0.304 e. The Labute approximate surface area is 112 Å². The summed E-state index contributed by atoms with van der Waals surface area (Å²) in [5, 5.41) is 4.19. The van der Waals surface area contributed by atoms with Gasteiger partial charge in [0, 0.05) is 17.4 Å². The van der Waals surface area contributed by atoms with Gasteiger partial charge < -0.3 is 5.32 Å². The summed E-state index contributed by atoms with van der Waals surface area (Å²) in [5.41, 5.74) is 1.12. The average Bonchev–Trinajstić information content (AvgIpc) is 2.42. The molecule has 0 fully saturated rings. The highest BCUT2D eigenvalue weighted by Gasteiger charge is 2.15. The Bertz CT molecular complexity index is 470. The molecule has 4 heteroatoms. The van der Waals surface area contributed by atoms with E-state index in [4.69, 9.17) is 11.6 Å². The molecule has 0 aliphatic carbocycles. The number of rotatable bonds is 5. The Balaban J connectivity index is 2.27. The van der Waals surface area contributed by atoms with Gasteiger partial charge in [0.1, 0.15) is 5.82 Å². The van der Waals surface area contributed by atoms with E-state index < -0.39 is 0 Å². The SMILES string of the molecule is CCCNC(c1ccc(Cl)cc1)c1ncccn1. The molecular formula is C14H16ClN3. The fourth-order valence-electron chi connectivity index (χ4n) is 1.76. The first-order chi connectivity index (χ1) is 8.81. The molecule has 0 amide bonds. The summed E-state index contributed by atoms with van der Waals surface area (Å²) in [5.74, 6) is 0.785.